The van der Waals surface area contributed by atoms with E-state index in [1.165, 1.54) is 0 Å². The number of aryl methyl sites for hydroxylation is 1. The highest BCUT2D eigenvalue weighted by molar-refractivity contribution is 9.10. The van der Waals surface area contributed by atoms with E-state index >= 15 is 0 Å². The number of hydrogen-bond donors (Lipinski definition) is 2. The van der Waals surface area contributed by atoms with Crippen LogP contribution in [0, 0.1) is 6.92 Å². The van der Waals surface area contributed by atoms with Crippen molar-refractivity contribution < 1.29 is 14.3 Å². The van der Waals surface area contributed by atoms with Crippen molar-refractivity contribution in [3.05, 3.63) is 75.2 Å². The zero-order valence-corrected chi connectivity index (χ0v) is 17.0. The van der Waals surface area contributed by atoms with Gasteiger partial charge in [-0.05, 0) is 76.9 Å². The molecule has 4 aromatic rings. The number of carbonyl (C=O) groups excluding carboxylic acids is 1. The zero-order valence-electron chi connectivity index (χ0n) is 14.7. The Morgan fingerprint density at radius 3 is 2.71 bits per heavy atom. The number of oxazole rings is 1. The lowest BCUT2D eigenvalue weighted by atomic mass is 10.1. The van der Waals surface area contributed by atoms with E-state index in [-0.39, 0.29) is 11.7 Å². The van der Waals surface area contributed by atoms with Gasteiger partial charge in [-0.15, -0.1) is 0 Å². The molecule has 0 spiro atoms. The molecule has 140 valence electrons. The van der Waals surface area contributed by atoms with Crippen molar-refractivity contribution >= 4 is 50.2 Å². The van der Waals surface area contributed by atoms with Crippen LogP contribution in [0.4, 0.5) is 5.69 Å². The van der Waals surface area contributed by atoms with Crippen molar-refractivity contribution in [2.75, 3.05) is 5.32 Å². The molecular weight excluding hydrogens is 444 g/mol. The summed E-state index contributed by atoms with van der Waals surface area (Å²) in [6, 6.07) is 15.5. The lowest BCUT2D eigenvalue weighted by Gasteiger charge is -2.07. The molecule has 0 aliphatic rings. The van der Waals surface area contributed by atoms with Crippen LogP contribution in [-0.4, -0.2) is 16.0 Å². The molecular formula is C21H14BrClN2O3. The maximum Gasteiger partial charge on any atom is 0.257 e. The summed E-state index contributed by atoms with van der Waals surface area (Å²) in [5, 5.41) is 12.9. The third kappa shape index (κ3) is 3.61. The van der Waals surface area contributed by atoms with Gasteiger partial charge in [0.05, 0.1) is 15.1 Å². The Labute approximate surface area is 174 Å². The number of carbonyl (C=O) groups is 1. The van der Waals surface area contributed by atoms with Crippen molar-refractivity contribution in [2.24, 2.45) is 0 Å². The van der Waals surface area contributed by atoms with Crippen LogP contribution in [0.2, 0.25) is 5.02 Å². The molecule has 2 N–H and O–H groups in total. The van der Waals surface area contributed by atoms with Crippen molar-refractivity contribution in [1.82, 2.24) is 4.98 Å². The molecule has 1 aromatic heterocycles. The van der Waals surface area contributed by atoms with Crippen LogP contribution in [0.3, 0.4) is 0 Å². The topological polar surface area (TPSA) is 75.4 Å². The summed E-state index contributed by atoms with van der Waals surface area (Å²) in [5.41, 5.74) is 3.89. The van der Waals surface area contributed by atoms with E-state index in [9.17, 15) is 9.90 Å². The second-order valence-electron chi connectivity index (χ2n) is 6.31. The maximum absolute atomic E-state index is 12.5. The van der Waals surface area contributed by atoms with Gasteiger partial charge in [0, 0.05) is 11.3 Å². The molecule has 1 amide bonds. The van der Waals surface area contributed by atoms with Gasteiger partial charge in [-0.25, -0.2) is 4.98 Å². The van der Waals surface area contributed by atoms with Gasteiger partial charge in [0.25, 0.3) is 5.91 Å². The van der Waals surface area contributed by atoms with Gasteiger partial charge in [0.15, 0.2) is 5.58 Å². The Morgan fingerprint density at radius 1 is 1.14 bits per heavy atom. The van der Waals surface area contributed by atoms with E-state index in [0.717, 1.165) is 11.1 Å². The molecule has 0 fully saturated rings. The largest absolute Gasteiger partial charge is 0.507 e. The molecule has 1 heterocycles. The first-order valence-electron chi connectivity index (χ1n) is 8.38. The highest BCUT2D eigenvalue weighted by atomic mass is 79.9. The highest BCUT2D eigenvalue weighted by Crippen LogP contribution is 2.31. The molecule has 3 aromatic carbocycles. The van der Waals surface area contributed by atoms with Crippen LogP contribution in [0.15, 0.2) is 63.5 Å². The molecule has 0 aliphatic carbocycles. The fourth-order valence-electron chi connectivity index (χ4n) is 2.77. The Morgan fingerprint density at radius 2 is 1.96 bits per heavy atom. The third-order valence-electron chi connectivity index (χ3n) is 4.21. The van der Waals surface area contributed by atoms with Gasteiger partial charge in [0.1, 0.15) is 11.3 Å². The summed E-state index contributed by atoms with van der Waals surface area (Å²) in [7, 11) is 0. The van der Waals surface area contributed by atoms with Crippen LogP contribution >= 0.6 is 27.5 Å². The number of hydrogen-bond acceptors (Lipinski definition) is 4. The summed E-state index contributed by atoms with van der Waals surface area (Å²) in [6.07, 6.45) is 0. The van der Waals surface area contributed by atoms with Crippen molar-refractivity contribution in [3.63, 3.8) is 0 Å². The summed E-state index contributed by atoms with van der Waals surface area (Å²) in [5.74, 6) is 0.260. The minimum atomic E-state index is -0.296. The molecule has 5 nitrogen and oxygen atoms in total. The van der Waals surface area contributed by atoms with E-state index in [1.54, 1.807) is 48.5 Å². The first-order chi connectivity index (χ1) is 13.4. The fourth-order valence-corrected chi connectivity index (χ4v) is 3.47. The van der Waals surface area contributed by atoms with Gasteiger partial charge in [-0.2, -0.15) is 0 Å². The third-order valence-corrected chi connectivity index (χ3v) is 5.16. The molecule has 0 atom stereocenters. The fraction of sp³-hybridized carbons (Fsp3) is 0.0476. The number of nitrogens with zero attached hydrogens (tertiary/aromatic N) is 1. The van der Waals surface area contributed by atoms with Crippen LogP contribution in [-0.2, 0) is 0 Å². The van der Waals surface area contributed by atoms with Gasteiger partial charge in [0.2, 0.25) is 5.89 Å². The molecule has 7 heteroatoms. The van der Waals surface area contributed by atoms with E-state index in [2.05, 4.69) is 26.2 Å². The van der Waals surface area contributed by atoms with Crippen molar-refractivity contribution in [1.29, 1.82) is 0 Å². The van der Waals surface area contributed by atoms with E-state index in [0.29, 0.717) is 37.7 Å². The van der Waals surface area contributed by atoms with Crippen molar-refractivity contribution in [2.45, 2.75) is 6.92 Å². The van der Waals surface area contributed by atoms with Crippen LogP contribution in [0.5, 0.6) is 5.75 Å². The normalized spacial score (nSPS) is 11.0. The Kier molecular flexibility index (Phi) is 4.83. The number of aromatic nitrogens is 1. The summed E-state index contributed by atoms with van der Waals surface area (Å²) >= 11 is 9.45. The van der Waals surface area contributed by atoms with Crippen LogP contribution < -0.4 is 5.32 Å². The first-order valence-corrected chi connectivity index (χ1v) is 9.55. The van der Waals surface area contributed by atoms with E-state index < -0.39 is 0 Å². The number of rotatable bonds is 3. The lowest BCUT2D eigenvalue weighted by Crippen LogP contribution is -2.12. The number of phenolic OH excluding ortho intramolecular Hbond substituents is 1. The zero-order chi connectivity index (χ0) is 19.8. The van der Waals surface area contributed by atoms with Crippen LogP contribution in [0.25, 0.3) is 22.6 Å². The number of benzene rings is 3. The second kappa shape index (κ2) is 7.30. The molecule has 0 radical (unpaired) electrons. The minimum Gasteiger partial charge on any atom is -0.507 e. The number of aromatic hydroxyl groups is 1. The van der Waals surface area contributed by atoms with Crippen LogP contribution in [0.1, 0.15) is 15.9 Å². The predicted molar refractivity (Wildman–Crippen MR) is 113 cm³/mol. The predicted octanol–water partition coefficient (Wildman–Crippen LogP) is 6.18. The van der Waals surface area contributed by atoms with E-state index in [1.807, 2.05) is 13.0 Å². The van der Waals surface area contributed by atoms with Gasteiger partial charge >= 0.3 is 0 Å². The molecule has 4 rings (SSSR count). The SMILES string of the molecule is Cc1ccc(C(=O)Nc2ccc3oc(-c4ccc(O)c(Br)c4)nc3c2)c(Cl)c1. The van der Waals surface area contributed by atoms with Gasteiger partial charge in [-0.3, -0.25) is 4.79 Å². The smallest absolute Gasteiger partial charge is 0.257 e. The first kappa shape index (κ1) is 18.5. The lowest BCUT2D eigenvalue weighted by molar-refractivity contribution is 0.102. The Bertz CT molecular complexity index is 1220. The minimum absolute atomic E-state index is 0.139. The molecule has 0 unspecified atom stereocenters. The summed E-state index contributed by atoms with van der Waals surface area (Å²) < 4.78 is 6.33. The molecule has 0 aliphatic heterocycles. The second-order valence-corrected chi connectivity index (χ2v) is 7.57. The summed E-state index contributed by atoms with van der Waals surface area (Å²) in [4.78, 5) is 17.0. The number of halogens is 2. The molecule has 0 saturated heterocycles. The number of amides is 1. The van der Waals surface area contributed by atoms with Crippen molar-refractivity contribution in [3.8, 4) is 17.2 Å². The maximum atomic E-state index is 12.5. The van der Waals surface area contributed by atoms with Gasteiger partial charge in [-0.1, -0.05) is 17.7 Å². The average molecular weight is 458 g/mol. The van der Waals surface area contributed by atoms with Gasteiger partial charge < -0.3 is 14.8 Å². The van der Waals surface area contributed by atoms with E-state index in [4.69, 9.17) is 16.0 Å². The molecule has 0 saturated carbocycles. The quantitative estimate of drug-likeness (QED) is 0.385. The summed E-state index contributed by atoms with van der Waals surface area (Å²) in [6.45, 7) is 1.91. The average Bonchev–Trinajstić information content (AvgIpc) is 3.07. The number of phenols is 1. The Balaban J connectivity index is 1.62. The standard InChI is InChI=1S/C21H14BrClN2O3/c1-11-2-5-14(16(23)8-11)20(27)24-13-4-7-19-17(10-13)25-21(28-19)12-3-6-18(26)15(22)9-12/h2-10,26H,1H3,(H,24,27). The number of fused-ring (bicyclic) bond motifs is 1. The number of anilines is 1. The number of nitrogens with one attached hydrogen (secondary N) is 1. The Hall–Kier alpha value is -2.83. The monoisotopic (exact) mass is 456 g/mol. The molecule has 28 heavy (non-hydrogen) atoms. The molecule has 0 bridgehead atoms. The highest BCUT2D eigenvalue weighted by Gasteiger charge is 2.13.